The first-order chi connectivity index (χ1) is 5.42. The summed E-state index contributed by atoms with van der Waals surface area (Å²) in [7, 11) is 0. The van der Waals surface area contributed by atoms with E-state index in [1.807, 2.05) is 12.3 Å². The van der Waals surface area contributed by atoms with Gasteiger partial charge in [-0.15, -0.1) is 0 Å². The first-order valence-corrected chi connectivity index (χ1v) is 3.79. The van der Waals surface area contributed by atoms with Gasteiger partial charge in [-0.3, -0.25) is 0 Å². The van der Waals surface area contributed by atoms with Crippen molar-refractivity contribution in [3.63, 3.8) is 0 Å². The third-order valence-corrected chi connectivity index (χ3v) is 1.97. The molecule has 1 N–H and O–H groups in total. The number of imidazole rings is 1. The van der Waals surface area contributed by atoms with E-state index >= 15 is 0 Å². The summed E-state index contributed by atoms with van der Waals surface area (Å²) < 4.78 is 2.20. The highest BCUT2D eigenvalue weighted by atomic mass is 15.1. The summed E-state index contributed by atoms with van der Waals surface area (Å²) in [4.78, 5) is 4.26. The molecule has 1 aromatic rings. The van der Waals surface area contributed by atoms with Crippen LogP contribution in [0.15, 0.2) is 12.8 Å². The lowest BCUT2D eigenvalue weighted by atomic mass is 10.4. The van der Waals surface area contributed by atoms with Crippen molar-refractivity contribution in [3.8, 4) is 0 Å². The van der Waals surface area contributed by atoms with Crippen molar-refractivity contribution < 1.29 is 0 Å². The maximum atomic E-state index is 4.26. The van der Waals surface area contributed by atoms with Crippen LogP contribution in [0.25, 0.3) is 6.08 Å². The fourth-order valence-corrected chi connectivity index (χ4v) is 1.38. The Morgan fingerprint density at radius 1 is 1.73 bits per heavy atom. The van der Waals surface area contributed by atoms with E-state index in [0.717, 1.165) is 31.2 Å². The summed E-state index contributed by atoms with van der Waals surface area (Å²) in [6.45, 7) is 6.66. The molecule has 58 valence electrons. The first kappa shape index (κ1) is 6.61. The van der Waals surface area contributed by atoms with Crippen molar-refractivity contribution in [2.75, 3.05) is 6.54 Å². The number of rotatable bonds is 1. The van der Waals surface area contributed by atoms with Crippen LogP contribution in [0.5, 0.6) is 0 Å². The zero-order valence-corrected chi connectivity index (χ0v) is 6.38. The van der Waals surface area contributed by atoms with Crippen molar-refractivity contribution in [3.05, 3.63) is 24.3 Å². The van der Waals surface area contributed by atoms with Crippen LogP contribution >= 0.6 is 0 Å². The van der Waals surface area contributed by atoms with Crippen molar-refractivity contribution in [2.45, 2.75) is 13.1 Å². The number of hydrogen-bond donors (Lipinski definition) is 1. The van der Waals surface area contributed by atoms with E-state index in [1.54, 1.807) is 0 Å². The van der Waals surface area contributed by atoms with Crippen molar-refractivity contribution in [1.82, 2.24) is 14.9 Å². The Labute approximate surface area is 65.7 Å². The van der Waals surface area contributed by atoms with E-state index < -0.39 is 0 Å². The lowest BCUT2D eigenvalue weighted by molar-refractivity contribution is 0.503. The SMILES string of the molecule is C=Cc1cnc2n1CCNC2. The van der Waals surface area contributed by atoms with Crippen LogP contribution < -0.4 is 5.32 Å². The molecule has 1 aromatic heterocycles. The van der Waals surface area contributed by atoms with Gasteiger partial charge in [-0.1, -0.05) is 6.58 Å². The zero-order chi connectivity index (χ0) is 7.68. The van der Waals surface area contributed by atoms with Crippen LogP contribution in [0.4, 0.5) is 0 Å². The predicted octanol–water partition coefficient (Wildman–Crippen LogP) is 0.629. The molecule has 3 heteroatoms. The smallest absolute Gasteiger partial charge is 0.123 e. The van der Waals surface area contributed by atoms with Gasteiger partial charge in [0.1, 0.15) is 5.82 Å². The summed E-state index contributed by atoms with van der Waals surface area (Å²) in [6.07, 6.45) is 3.72. The third kappa shape index (κ3) is 0.973. The van der Waals surface area contributed by atoms with E-state index in [0.29, 0.717) is 0 Å². The number of fused-ring (bicyclic) bond motifs is 1. The molecule has 0 unspecified atom stereocenters. The fourth-order valence-electron chi connectivity index (χ4n) is 1.38. The Morgan fingerprint density at radius 3 is 3.45 bits per heavy atom. The maximum Gasteiger partial charge on any atom is 0.123 e. The first-order valence-electron chi connectivity index (χ1n) is 3.79. The molecule has 0 aromatic carbocycles. The quantitative estimate of drug-likeness (QED) is 0.634. The number of nitrogens with zero attached hydrogens (tertiary/aromatic N) is 2. The molecule has 0 atom stereocenters. The van der Waals surface area contributed by atoms with Crippen LogP contribution in [-0.2, 0) is 13.1 Å². The maximum absolute atomic E-state index is 4.26. The zero-order valence-electron chi connectivity index (χ0n) is 6.38. The van der Waals surface area contributed by atoms with E-state index in [9.17, 15) is 0 Å². The molecule has 0 aliphatic carbocycles. The van der Waals surface area contributed by atoms with E-state index in [4.69, 9.17) is 0 Å². The second-order valence-electron chi connectivity index (χ2n) is 2.63. The molecule has 0 fully saturated rings. The molecule has 2 heterocycles. The van der Waals surface area contributed by atoms with Gasteiger partial charge in [0.2, 0.25) is 0 Å². The number of hydrogen-bond acceptors (Lipinski definition) is 2. The van der Waals surface area contributed by atoms with Crippen molar-refractivity contribution in [1.29, 1.82) is 0 Å². The van der Waals surface area contributed by atoms with Gasteiger partial charge in [-0.25, -0.2) is 4.98 Å². The Balaban J connectivity index is 2.45. The van der Waals surface area contributed by atoms with Gasteiger partial charge in [0.05, 0.1) is 18.4 Å². The monoisotopic (exact) mass is 149 g/mol. The molecule has 0 amide bonds. The van der Waals surface area contributed by atoms with Gasteiger partial charge in [-0.05, 0) is 6.08 Å². The van der Waals surface area contributed by atoms with Gasteiger partial charge < -0.3 is 9.88 Å². The largest absolute Gasteiger partial charge is 0.326 e. The van der Waals surface area contributed by atoms with E-state index in [1.165, 1.54) is 0 Å². The standard InChI is InChI=1S/C8H11N3/c1-2-7-5-10-8-6-9-3-4-11(7)8/h2,5,9H,1,3-4,6H2. The summed E-state index contributed by atoms with van der Waals surface area (Å²) in [6, 6.07) is 0. The second-order valence-corrected chi connectivity index (χ2v) is 2.63. The van der Waals surface area contributed by atoms with Crippen LogP contribution in [0.3, 0.4) is 0 Å². The minimum atomic E-state index is 0.883. The highest BCUT2D eigenvalue weighted by molar-refractivity contribution is 5.41. The van der Waals surface area contributed by atoms with Gasteiger partial charge in [-0.2, -0.15) is 0 Å². The van der Waals surface area contributed by atoms with Crippen LogP contribution in [-0.4, -0.2) is 16.1 Å². The Morgan fingerprint density at radius 2 is 2.64 bits per heavy atom. The molecule has 0 spiro atoms. The average molecular weight is 149 g/mol. The summed E-state index contributed by atoms with van der Waals surface area (Å²) in [5, 5.41) is 3.26. The molecular weight excluding hydrogens is 138 g/mol. The molecule has 3 nitrogen and oxygen atoms in total. The molecular formula is C8H11N3. The number of nitrogens with one attached hydrogen (secondary N) is 1. The summed E-state index contributed by atoms with van der Waals surface area (Å²) >= 11 is 0. The fraction of sp³-hybridized carbons (Fsp3) is 0.375. The molecule has 0 saturated carbocycles. The normalized spacial score (nSPS) is 16.0. The van der Waals surface area contributed by atoms with E-state index in [-0.39, 0.29) is 0 Å². The molecule has 2 rings (SSSR count). The Bertz CT molecular complexity index is 275. The van der Waals surface area contributed by atoms with Crippen molar-refractivity contribution in [2.24, 2.45) is 0 Å². The molecule has 11 heavy (non-hydrogen) atoms. The molecule has 0 saturated heterocycles. The minimum Gasteiger partial charge on any atom is -0.326 e. The number of aromatic nitrogens is 2. The van der Waals surface area contributed by atoms with Gasteiger partial charge in [0.25, 0.3) is 0 Å². The highest BCUT2D eigenvalue weighted by Gasteiger charge is 2.10. The Kier molecular flexibility index (Phi) is 1.51. The van der Waals surface area contributed by atoms with Crippen LogP contribution in [0.2, 0.25) is 0 Å². The van der Waals surface area contributed by atoms with Crippen LogP contribution in [0.1, 0.15) is 11.5 Å². The third-order valence-electron chi connectivity index (χ3n) is 1.97. The molecule has 0 radical (unpaired) electrons. The molecule has 0 bridgehead atoms. The van der Waals surface area contributed by atoms with Gasteiger partial charge in [0.15, 0.2) is 0 Å². The second kappa shape index (κ2) is 2.51. The highest BCUT2D eigenvalue weighted by Crippen LogP contribution is 2.08. The Hall–Kier alpha value is -1.09. The predicted molar refractivity (Wildman–Crippen MR) is 44.0 cm³/mol. The van der Waals surface area contributed by atoms with Crippen molar-refractivity contribution >= 4 is 6.08 Å². The molecule has 1 aliphatic heterocycles. The van der Waals surface area contributed by atoms with Gasteiger partial charge >= 0.3 is 0 Å². The van der Waals surface area contributed by atoms with E-state index in [2.05, 4.69) is 21.4 Å². The topological polar surface area (TPSA) is 29.9 Å². The minimum absolute atomic E-state index is 0.883. The lowest BCUT2D eigenvalue weighted by Gasteiger charge is -2.16. The lowest BCUT2D eigenvalue weighted by Crippen LogP contribution is -2.28. The summed E-state index contributed by atoms with van der Waals surface area (Å²) in [5.41, 5.74) is 1.13. The average Bonchev–Trinajstić information content (AvgIpc) is 2.47. The molecule has 1 aliphatic rings. The van der Waals surface area contributed by atoms with Crippen LogP contribution in [0, 0.1) is 0 Å². The summed E-state index contributed by atoms with van der Waals surface area (Å²) in [5.74, 6) is 1.12. The van der Waals surface area contributed by atoms with Gasteiger partial charge in [0, 0.05) is 13.1 Å².